The maximum atomic E-state index is 12.6. The minimum Gasteiger partial charge on any atom is -0.391 e. The first-order chi connectivity index (χ1) is 9.58. The number of carbonyl (C=O) groups excluding carboxylic acids is 2. The number of β-amino-alcohol motifs (C(OH)–C–C–N with tert-alkyl or cyclic N) is 1. The highest BCUT2D eigenvalue weighted by molar-refractivity contribution is 5.89. The van der Waals surface area contributed by atoms with Crippen molar-refractivity contribution in [1.29, 1.82) is 0 Å². The van der Waals surface area contributed by atoms with Crippen LogP contribution in [0.5, 0.6) is 0 Å². The minimum absolute atomic E-state index is 0.0433. The summed E-state index contributed by atoms with van der Waals surface area (Å²) in [6.07, 6.45) is 3.28. The molecule has 112 valence electrons. The molecular weight excluding hydrogens is 258 g/mol. The van der Waals surface area contributed by atoms with Crippen molar-refractivity contribution in [2.24, 2.45) is 0 Å². The van der Waals surface area contributed by atoms with Crippen molar-refractivity contribution in [3.05, 3.63) is 12.7 Å². The van der Waals surface area contributed by atoms with Gasteiger partial charge in [-0.1, -0.05) is 6.08 Å². The summed E-state index contributed by atoms with van der Waals surface area (Å²) in [6.45, 7) is 4.94. The Morgan fingerprint density at radius 2 is 2.20 bits per heavy atom. The van der Waals surface area contributed by atoms with Crippen molar-refractivity contribution in [2.45, 2.75) is 37.5 Å². The zero-order valence-electron chi connectivity index (χ0n) is 11.9. The number of hydrogen-bond acceptors (Lipinski definition) is 4. The van der Waals surface area contributed by atoms with E-state index in [9.17, 15) is 14.7 Å². The monoisotopic (exact) mass is 281 g/mol. The summed E-state index contributed by atoms with van der Waals surface area (Å²) in [5.74, 6) is -0.105. The summed E-state index contributed by atoms with van der Waals surface area (Å²) >= 11 is 0. The van der Waals surface area contributed by atoms with Gasteiger partial charge in [-0.2, -0.15) is 0 Å². The van der Waals surface area contributed by atoms with Gasteiger partial charge in [0.1, 0.15) is 6.04 Å². The molecule has 2 amide bonds. The Hall–Kier alpha value is -1.40. The van der Waals surface area contributed by atoms with Crippen LogP contribution >= 0.6 is 0 Å². The molecule has 1 unspecified atom stereocenters. The van der Waals surface area contributed by atoms with E-state index in [1.54, 1.807) is 22.9 Å². The number of amides is 2. The summed E-state index contributed by atoms with van der Waals surface area (Å²) in [7, 11) is 1.72. The van der Waals surface area contributed by atoms with Gasteiger partial charge in [-0.3, -0.25) is 9.59 Å². The van der Waals surface area contributed by atoms with E-state index in [4.69, 9.17) is 0 Å². The molecular formula is C14H23N3O3. The fourth-order valence-corrected chi connectivity index (χ4v) is 3.09. The fraction of sp³-hybridized carbons (Fsp3) is 0.714. The van der Waals surface area contributed by atoms with Crippen molar-refractivity contribution in [2.75, 3.05) is 26.7 Å². The van der Waals surface area contributed by atoms with Crippen LogP contribution in [0.3, 0.4) is 0 Å². The number of hydrogen-bond donors (Lipinski definition) is 2. The molecule has 20 heavy (non-hydrogen) atoms. The maximum absolute atomic E-state index is 12.6. The van der Waals surface area contributed by atoms with Crippen LogP contribution in [0.4, 0.5) is 0 Å². The van der Waals surface area contributed by atoms with Gasteiger partial charge in [0.25, 0.3) is 0 Å². The molecule has 0 aliphatic carbocycles. The second-order valence-electron chi connectivity index (χ2n) is 5.46. The van der Waals surface area contributed by atoms with Crippen LogP contribution in [-0.4, -0.2) is 71.6 Å². The van der Waals surface area contributed by atoms with Crippen LogP contribution < -0.4 is 5.32 Å². The Bertz CT molecular complexity index is 399. The molecule has 6 nitrogen and oxygen atoms in total. The van der Waals surface area contributed by atoms with E-state index in [0.29, 0.717) is 25.9 Å². The molecule has 0 aromatic rings. The Morgan fingerprint density at radius 1 is 1.45 bits per heavy atom. The fourth-order valence-electron chi connectivity index (χ4n) is 3.09. The van der Waals surface area contributed by atoms with Gasteiger partial charge in [-0.15, -0.1) is 6.58 Å². The van der Waals surface area contributed by atoms with Gasteiger partial charge in [0, 0.05) is 13.1 Å². The highest BCUT2D eigenvalue weighted by Crippen LogP contribution is 2.25. The second-order valence-corrected chi connectivity index (χ2v) is 5.46. The molecule has 0 aromatic heterocycles. The molecule has 0 radical (unpaired) electrons. The molecule has 0 spiro atoms. The zero-order chi connectivity index (χ0) is 14.7. The van der Waals surface area contributed by atoms with Crippen LogP contribution in [-0.2, 0) is 9.59 Å². The smallest absolute Gasteiger partial charge is 0.245 e. The predicted octanol–water partition coefficient (Wildman–Crippen LogP) is -0.655. The zero-order valence-corrected chi connectivity index (χ0v) is 11.9. The Kier molecular flexibility index (Phi) is 4.77. The van der Waals surface area contributed by atoms with Gasteiger partial charge in [-0.25, -0.2) is 0 Å². The van der Waals surface area contributed by atoms with E-state index < -0.39 is 6.10 Å². The van der Waals surface area contributed by atoms with Gasteiger partial charge in [0.2, 0.25) is 11.8 Å². The van der Waals surface area contributed by atoms with E-state index in [1.807, 2.05) is 0 Å². The Balaban J connectivity index is 2.07. The van der Waals surface area contributed by atoms with E-state index in [2.05, 4.69) is 11.9 Å². The normalized spacial score (nSPS) is 29.8. The van der Waals surface area contributed by atoms with Gasteiger partial charge in [-0.05, 0) is 26.3 Å². The van der Waals surface area contributed by atoms with Gasteiger partial charge in [0.05, 0.1) is 18.7 Å². The number of aliphatic hydroxyl groups excluding tert-OH is 1. The standard InChI is InChI=1S/C14H23N3O3/c1-3-10-7-11(18)9-17(10)14(20)12-5-4-6-16(12)13(19)8-15-2/h3,10-12,15,18H,1,4-9H2,2H3/t10-,11?,12+/m0/s1. The molecule has 2 fully saturated rings. The number of likely N-dealkylation sites (tertiary alicyclic amines) is 2. The molecule has 6 heteroatoms. The van der Waals surface area contributed by atoms with Crippen LogP contribution in [0.25, 0.3) is 0 Å². The molecule has 2 saturated heterocycles. The van der Waals surface area contributed by atoms with Crippen molar-refractivity contribution in [1.82, 2.24) is 15.1 Å². The lowest BCUT2D eigenvalue weighted by Gasteiger charge is -2.30. The Labute approximate surface area is 119 Å². The van der Waals surface area contributed by atoms with Crippen LogP contribution in [0.2, 0.25) is 0 Å². The lowest BCUT2D eigenvalue weighted by molar-refractivity contribution is -0.143. The van der Waals surface area contributed by atoms with Gasteiger partial charge in [0.15, 0.2) is 0 Å². The molecule has 3 atom stereocenters. The van der Waals surface area contributed by atoms with Gasteiger partial charge >= 0.3 is 0 Å². The first-order valence-electron chi connectivity index (χ1n) is 7.13. The Morgan fingerprint density at radius 3 is 2.85 bits per heavy atom. The number of aliphatic hydroxyl groups is 1. The van der Waals surface area contributed by atoms with Crippen LogP contribution in [0.15, 0.2) is 12.7 Å². The highest BCUT2D eigenvalue weighted by atomic mass is 16.3. The first-order valence-corrected chi connectivity index (χ1v) is 7.13. The third-order valence-corrected chi connectivity index (χ3v) is 4.06. The molecule has 2 heterocycles. The van der Waals surface area contributed by atoms with Crippen LogP contribution in [0.1, 0.15) is 19.3 Å². The highest BCUT2D eigenvalue weighted by Gasteiger charge is 2.40. The summed E-state index contributed by atoms with van der Waals surface area (Å²) in [5, 5.41) is 12.5. The second kappa shape index (κ2) is 6.37. The van der Waals surface area contributed by atoms with Crippen LogP contribution in [0, 0.1) is 0 Å². The molecule has 0 saturated carbocycles. The van der Waals surface area contributed by atoms with E-state index >= 15 is 0 Å². The molecule has 2 aliphatic heterocycles. The van der Waals surface area contributed by atoms with Crippen molar-refractivity contribution < 1.29 is 14.7 Å². The minimum atomic E-state index is -0.496. The average molecular weight is 281 g/mol. The maximum Gasteiger partial charge on any atom is 0.245 e. The topological polar surface area (TPSA) is 72.9 Å². The quantitative estimate of drug-likeness (QED) is 0.671. The molecule has 2 N–H and O–H groups in total. The third kappa shape index (κ3) is 2.86. The predicted molar refractivity (Wildman–Crippen MR) is 75.0 cm³/mol. The largest absolute Gasteiger partial charge is 0.391 e. The number of nitrogens with one attached hydrogen (secondary N) is 1. The van der Waals surface area contributed by atoms with Crippen molar-refractivity contribution in [3.8, 4) is 0 Å². The van der Waals surface area contributed by atoms with E-state index in [1.165, 1.54) is 0 Å². The first kappa shape index (κ1) is 15.0. The summed E-state index contributed by atoms with van der Waals surface area (Å²) in [4.78, 5) is 28.0. The number of rotatable bonds is 4. The van der Waals surface area contributed by atoms with E-state index in [0.717, 1.165) is 6.42 Å². The average Bonchev–Trinajstić information content (AvgIpc) is 3.04. The lowest BCUT2D eigenvalue weighted by atomic mass is 10.1. The van der Waals surface area contributed by atoms with Gasteiger partial charge < -0.3 is 20.2 Å². The number of nitrogens with zero attached hydrogens (tertiary/aromatic N) is 2. The number of likely N-dealkylation sites (N-methyl/N-ethyl adjacent to an activating group) is 1. The van der Waals surface area contributed by atoms with Crippen molar-refractivity contribution in [3.63, 3.8) is 0 Å². The summed E-state index contributed by atoms with van der Waals surface area (Å²) in [5.41, 5.74) is 0. The lowest BCUT2D eigenvalue weighted by Crippen LogP contribution is -2.50. The van der Waals surface area contributed by atoms with E-state index in [-0.39, 0.29) is 30.4 Å². The number of carbonyl (C=O) groups is 2. The molecule has 2 rings (SSSR count). The molecule has 2 aliphatic rings. The SMILES string of the molecule is C=C[C@H]1CC(O)CN1C(=O)[C@H]1CCCN1C(=O)CNC. The third-order valence-electron chi connectivity index (χ3n) is 4.06. The van der Waals surface area contributed by atoms with Crippen molar-refractivity contribution >= 4 is 11.8 Å². The summed E-state index contributed by atoms with van der Waals surface area (Å²) in [6, 6.07) is -0.511. The summed E-state index contributed by atoms with van der Waals surface area (Å²) < 4.78 is 0. The molecule has 0 bridgehead atoms. The molecule has 0 aromatic carbocycles.